The van der Waals surface area contributed by atoms with Crippen LogP contribution in [-0.2, 0) is 16.0 Å². The van der Waals surface area contributed by atoms with E-state index in [9.17, 15) is 4.79 Å². The molecule has 1 aromatic rings. The van der Waals surface area contributed by atoms with E-state index in [0.717, 1.165) is 24.3 Å². The summed E-state index contributed by atoms with van der Waals surface area (Å²) in [6.07, 6.45) is 1.58. The van der Waals surface area contributed by atoms with Gasteiger partial charge in [-0.05, 0) is 31.0 Å². The van der Waals surface area contributed by atoms with Crippen molar-refractivity contribution in [2.45, 2.75) is 25.9 Å². The molecule has 0 aromatic heterocycles. The van der Waals surface area contributed by atoms with Gasteiger partial charge < -0.3 is 14.4 Å². The van der Waals surface area contributed by atoms with Gasteiger partial charge in [-0.25, -0.2) is 0 Å². The van der Waals surface area contributed by atoms with Gasteiger partial charge in [0.2, 0.25) is 5.91 Å². The van der Waals surface area contributed by atoms with Crippen molar-refractivity contribution in [1.29, 1.82) is 0 Å². The van der Waals surface area contributed by atoms with E-state index in [-0.39, 0.29) is 12.0 Å². The Morgan fingerprint density at radius 3 is 2.68 bits per heavy atom. The average molecular weight is 263 g/mol. The molecule has 19 heavy (non-hydrogen) atoms. The molecular weight excluding hydrogens is 242 g/mol. The molecule has 4 nitrogen and oxygen atoms in total. The lowest BCUT2D eigenvalue weighted by atomic mass is 10.1. The lowest BCUT2D eigenvalue weighted by Gasteiger charge is -2.16. The Bertz CT molecular complexity index is 416. The van der Waals surface area contributed by atoms with Gasteiger partial charge in [-0.3, -0.25) is 4.79 Å². The smallest absolute Gasteiger partial charge is 0.227 e. The number of amides is 1. The summed E-state index contributed by atoms with van der Waals surface area (Å²) in [7, 11) is 1.70. The number of carbonyl (C=O) groups is 1. The van der Waals surface area contributed by atoms with Gasteiger partial charge in [-0.2, -0.15) is 0 Å². The first-order chi connectivity index (χ1) is 9.22. The third kappa shape index (κ3) is 3.70. The number of hydrogen-bond acceptors (Lipinski definition) is 3. The molecule has 1 aliphatic rings. The number of methoxy groups -OCH3 is 1. The number of nitrogens with zero attached hydrogens (tertiary/aromatic N) is 1. The molecule has 1 saturated heterocycles. The molecule has 0 bridgehead atoms. The second kappa shape index (κ2) is 6.57. The normalized spacial score (nSPS) is 18.6. The molecule has 0 radical (unpaired) electrons. The van der Waals surface area contributed by atoms with Gasteiger partial charge in [0, 0.05) is 20.2 Å². The van der Waals surface area contributed by atoms with Crippen molar-refractivity contribution in [2.24, 2.45) is 0 Å². The molecule has 1 fully saturated rings. The maximum atomic E-state index is 12.1. The molecule has 0 unspecified atom stereocenters. The fourth-order valence-corrected chi connectivity index (χ4v) is 2.30. The molecular formula is C15H21NO3. The summed E-state index contributed by atoms with van der Waals surface area (Å²) in [5.41, 5.74) is 1.02. The third-order valence-corrected chi connectivity index (χ3v) is 3.42. The van der Waals surface area contributed by atoms with Crippen molar-refractivity contribution < 1.29 is 14.3 Å². The SMILES string of the molecule is CCOc1ccc(CC(=O)N2CC[C@@H](OC)C2)cc1. The molecule has 1 atom stereocenters. The van der Waals surface area contributed by atoms with Gasteiger partial charge in [-0.1, -0.05) is 12.1 Å². The third-order valence-electron chi connectivity index (χ3n) is 3.42. The van der Waals surface area contributed by atoms with Gasteiger partial charge in [-0.15, -0.1) is 0 Å². The largest absolute Gasteiger partial charge is 0.494 e. The van der Waals surface area contributed by atoms with E-state index in [0.29, 0.717) is 19.6 Å². The zero-order valence-electron chi connectivity index (χ0n) is 11.6. The van der Waals surface area contributed by atoms with Crippen LogP contribution in [0.25, 0.3) is 0 Å². The first-order valence-corrected chi connectivity index (χ1v) is 6.75. The summed E-state index contributed by atoms with van der Waals surface area (Å²) >= 11 is 0. The highest BCUT2D eigenvalue weighted by Gasteiger charge is 2.25. The van der Waals surface area contributed by atoms with E-state index in [1.54, 1.807) is 7.11 Å². The summed E-state index contributed by atoms with van der Waals surface area (Å²) in [6.45, 7) is 4.13. The highest BCUT2D eigenvalue weighted by Crippen LogP contribution is 2.16. The molecule has 1 aliphatic heterocycles. The molecule has 0 saturated carbocycles. The van der Waals surface area contributed by atoms with Crippen molar-refractivity contribution in [3.8, 4) is 5.75 Å². The van der Waals surface area contributed by atoms with Crippen molar-refractivity contribution in [2.75, 3.05) is 26.8 Å². The number of ether oxygens (including phenoxy) is 2. The maximum absolute atomic E-state index is 12.1. The van der Waals surface area contributed by atoms with Crippen LogP contribution in [0.2, 0.25) is 0 Å². The van der Waals surface area contributed by atoms with E-state index >= 15 is 0 Å². The van der Waals surface area contributed by atoms with Crippen LogP contribution in [0.3, 0.4) is 0 Å². The Kier molecular flexibility index (Phi) is 4.80. The number of benzene rings is 1. The average Bonchev–Trinajstić information content (AvgIpc) is 2.90. The lowest BCUT2D eigenvalue weighted by molar-refractivity contribution is -0.129. The van der Waals surface area contributed by atoms with Crippen LogP contribution in [0.5, 0.6) is 5.75 Å². The van der Waals surface area contributed by atoms with E-state index in [1.165, 1.54) is 0 Å². The van der Waals surface area contributed by atoms with E-state index in [1.807, 2.05) is 36.1 Å². The second-order valence-corrected chi connectivity index (χ2v) is 4.74. The molecule has 0 N–H and O–H groups in total. The van der Waals surface area contributed by atoms with Gasteiger partial charge >= 0.3 is 0 Å². The minimum atomic E-state index is 0.170. The molecule has 1 amide bonds. The van der Waals surface area contributed by atoms with Crippen molar-refractivity contribution >= 4 is 5.91 Å². The first kappa shape index (κ1) is 13.9. The number of likely N-dealkylation sites (tertiary alicyclic amines) is 1. The monoisotopic (exact) mass is 263 g/mol. The molecule has 0 spiro atoms. The van der Waals surface area contributed by atoms with Crippen LogP contribution in [0.1, 0.15) is 18.9 Å². The minimum absolute atomic E-state index is 0.170. The van der Waals surface area contributed by atoms with Crippen LogP contribution in [0.4, 0.5) is 0 Å². The molecule has 4 heteroatoms. The number of rotatable bonds is 5. The highest BCUT2D eigenvalue weighted by atomic mass is 16.5. The standard InChI is InChI=1S/C15H21NO3/c1-3-19-13-6-4-12(5-7-13)10-15(17)16-9-8-14(11-16)18-2/h4-7,14H,3,8-11H2,1-2H3/t14-/m1/s1. The zero-order valence-corrected chi connectivity index (χ0v) is 11.6. The van der Waals surface area contributed by atoms with Crippen LogP contribution < -0.4 is 4.74 Å². The topological polar surface area (TPSA) is 38.8 Å². The lowest BCUT2D eigenvalue weighted by Crippen LogP contribution is -2.31. The molecule has 104 valence electrons. The zero-order chi connectivity index (χ0) is 13.7. The van der Waals surface area contributed by atoms with Gasteiger partial charge in [0.05, 0.1) is 19.1 Å². The Labute approximate surface area is 114 Å². The van der Waals surface area contributed by atoms with Crippen molar-refractivity contribution in [3.63, 3.8) is 0 Å². The van der Waals surface area contributed by atoms with Gasteiger partial charge in [0.15, 0.2) is 0 Å². The molecule has 1 heterocycles. The summed E-state index contributed by atoms with van der Waals surface area (Å²) in [4.78, 5) is 14.0. The Morgan fingerprint density at radius 1 is 1.37 bits per heavy atom. The van der Waals surface area contributed by atoms with E-state index < -0.39 is 0 Å². The molecule has 0 aliphatic carbocycles. The Balaban J connectivity index is 1.88. The van der Waals surface area contributed by atoms with E-state index in [4.69, 9.17) is 9.47 Å². The van der Waals surface area contributed by atoms with Gasteiger partial charge in [0.25, 0.3) is 0 Å². The van der Waals surface area contributed by atoms with Crippen molar-refractivity contribution in [1.82, 2.24) is 4.90 Å². The fraction of sp³-hybridized carbons (Fsp3) is 0.533. The predicted molar refractivity (Wildman–Crippen MR) is 73.3 cm³/mol. The highest BCUT2D eigenvalue weighted by molar-refractivity contribution is 5.79. The van der Waals surface area contributed by atoms with E-state index in [2.05, 4.69) is 0 Å². The first-order valence-electron chi connectivity index (χ1n) is 6.75. The summed E-state index contributed by atoms with van der Waals surface area (Å²) < 4.78 is 10.7. The summed E-state index contributed by atoms with van der Waals surface area (Å²) in [5.74, 6) is 1.02. The summed E-state index contributed by atoms with van der Waals surface area (Å²) in [5, 5.41) is 0. The molecule has 2 rings (SSSR count). The van der Waals surface area contributed by atoms with Crippen LogP contribution in [0.15, 0.2) is 24.3 Å². The quantitative estimate of drug-likeness (QED) is 0.814. The molecule has 1 aromatic carbocycles. The fourth-order valence-electron chi connectivity index (χ4n) is 2.30. The Hall–Kier alpha value is -1.55. The van der Waals surface area contributed by atoms with Crippen molar-refractivity contribution in [3.05, 3.63) is 29.8 Å². The minimum Gasteiger partial charge on any atom is -0.494 e. The van der Waals surface area contributed by atoms with Crippen LogP contribution in [-0.4, -0.2) is 43.7 Å². The number of carbonyl (C=O) groups excluding carboxylic acids is 1. The van der Waals surface area contributed by atoms with Crippen LogP contribution in [0, 0.1) is 0 Å². The summed E-state index contributed by atoms with van der Waals surface area (Å²) in [6, 6.07) is 7.72. The number of hydrogen-bond donors (Lipinski definition) is 0. The Morgan fingerprint density at radius 2 is 2.11 bits per heavy atom. The maximum Gasteiger partial charge on any atom is 0.227 e. The second-order valence-electron chi connectivity index (χ2n) is 4.74. The van der Waals surface area contributed by atoms with Crippen LogP contribution >= 0.6 is 0 Å². The predicted octanol–water partition coefficient (Wildman–Crippen LogP) is 1.88. The van der Waals surface area contributed by atoms with Gasteiger partial charge in [0.1, 0.15) is 5.75 Å².